The first-order chi connectivity index (χ1) is 11.0. The number of carbonyl (C=O) groups is 2. The average Bonchev–Trinajstić information content (AvgIpc) is 2.50. The van der Waals surface area contributed by atoms with Gasteiger partial charge in [0.2, 0.25) is 5.91 Å². The molecule has 0 saturated heterocycles. The summed E-state index contributed by atoms with van der Waals surface area (Å²) in [6, 6.07) is 13.9. The minimum absolute atomic E-state index is 0.120. The number of carbonyl (C=O) groups excluding carboxylic acids is 2. The predicted octanol–water partition coefficient (Wildman–Crippen LogP) is 4.11. The highest BCUT2D eigenvalue weighted by molar-refractivity contribution is 6.36. The van der Waals surface area contributed by atoms with Gasteiger partial charge in [0.25, 0.3) is 5.91 Å². The zero-order valence-corrected chi connectivity index (χ0v) is 13.8. The Morgan fingerprint density at radius 2 is 1.74 bits per heavy atom. The van der Waals surface area contributed by atoms with Gasteiger partial charge < -0.3 is 10.6 Å². The quantitative estimate of drug-likeness (QED) is 0.816. The average molecular weight is 349 g/mol. The second kappa shape index (κ2) is 7.81. The van der Waals surface area contributed by atoms with Crippen LogP contribution in [0.3, 0.4) is 0 Å². The van der Waals surface area contributed by atoms with Crippen LogP contribution in [0.2, 0.25) is 10.0 Å². The Hall–Kier alpha value is -2.30. The number of rotatable bonds is 4. The lowest BCUT2D eigenvalue weighted by atomic mass is 10.2. The van der Waals surface area contributed by atoms with Gasteiger partial charge in [-0.2, -0.15) is 0 Å². The van der Waals surface area contributed by atoms with Gasteiger partial charge in [-0.15, -0.1) is 0 Å². The van der Waals surface area contributed by atoms with Gasteiger partial charge in [0.15, 0.2) is 0 Å². The van der Waals surface area contributed by atoms with Crippen molar-refractivity contribution in [2.24, 2.45) is 0 Å². The molecule has 0 radical (unpaired) electrons. The van der Waals surface area contributed by atoms with Crippen molar-refractivity contribution in [3.05, 3.63) is 69.8 Å². The van der Waals surface area contributed by atoms with E-state index in [1.165, 1.54) is 13.0 Å². The SMILES string of the molecule is CC(=O)NC(=Cc1ccccc1)C(=O)Nc1ccc(Cl)cc1Cl. The number of nitrogens with one attached hydrogen (secondary N) is 2. The van der Waals surface area contributed by atoms with Gasteiger partial charge in [0.05, 0.1) is 10.7 Å². The van der Waals surface area contributed by atoms with E-state index < -0.39 is 5.91 Å². The van der Waals surface area contributed by atoms with Crippen LogP contribution in [0, 0.1) is 0 Å². The molecule has 0 atom stereocenters. The van der Waals surface area contributed by atoms with E-state index in [1.807, 2.05) is 30.3 Å². The number of benzene rings is 2. The maximum absolute atomic E-state index is 12.4. The summed E-state index contributed by atoms with van der Waals surface area (Å²) in [7, 11) is 0. The minimum Gasteiger partial charge on any atom is -0.322 e. The van der Waals surface area contributed by atoms with Crippen LogP contribution in [0.1, 0.15) is 12.5 Å². The molecule has 2 aromatic rings. The number of amides is 2. The molecule has 4 nitrogen and oxygen atoms in total. The third-order valence-corrected chi connectivity index (χ3v) is 3.39. The van der Waals surface area contributed by atoms with Crippen molar-refractivity contribution in [1.82, 2.24) is 5.32 Å². The summed E-state index contributed by atoms with van der Waals surface area (Å²) in [5.41, 5.74) is 1.31. The van der Waals surface area contributed by atoms with Gasteiger partial charge in [-0.3, -0.25) is 9.59 Å². The van der Waals surface area contributed by atoms with Crippen LogP contribution in [-0.2, 0) is 9.59 Å². The highest BCUT2D eigenvalue weighted by atomic mass is 35.5. The molecule has 2 N–H and O–H groups in total. The number of anilines is 1. The Morgan fingerprint density at radius 1 is 1.04 bits per heavy atom. The molecule has 0 aliphatic rings. The maximum atomic E-state index is 12.4. The number of halogens is 2. The lowest BCUT2D eigenvalue weighted by Gasteiger charge is -2.11. The predicted molar refractivity (Wildman–Crippen MR) is 93.3 cm³/mol. The first-order valence-electron chi connectivity index (χ1n) is 6.76. The molecule has 2 amide bonds. The van der Waals surface area contributed by atoms with E-state index in [9.17, 15) is 9.59 Å². The molecule has 23 heavy (non-hydrogen) atoms. The van der Waals surface area contributed by atoms with Crippen molar-refractivity contribution in [2.75, 3.05) is 5.32 Å². The van der Waals surface area contributed by atoms with Crippen LogP contribution in [-0.4, -0.2) is 11.8 Å². The molecule has 0 saturated carbocycles. The molecular weight excluding hydrogens is 335 g/mol. The van der Waals surface area contributed by atoms with Gasteiger partial charge in [0.1, 0.15) is 5.70 Å². The van der Waals surface area contributed by atoms with Gasteiger partial charge in [-0.1, -0.05) is 53.5 Å². The van der Waals surface area contributed by atoms with E-state index in [1.54, 1.807) is 18.2 Å². The summed E-state index contributed by atoms with van der Waals surface area (Å²) in [4.78, 5) is 23.7. The van der Waals surface area contributed by atoms with E-state index in [0.29, 0.717) is 15.7 Å². The first kappa shape index (κ1) is 17.1. The van der Waals surface area contributed by atoms with Crippen molar-refractivity contribution < 1.29 is 9.59 Å². The molecule has 2 aromatic carbocycles. The molecule has 6 heteroatoms. The van der Waals surface area contributed by atoms with Gasteiger partial charge in [-0.25, -0.2) is 0 Å². The Bertz CT molecular complexity index is 758. The molecule has 0 unspecified atom stereocenters. The molecular formula is C17H14Cl2N2O2. The third kappa shape index (κ3) is 5.13. The van der Waals surface area contributed by atoms with Crippen molar-refractivity contribution >= 4 is 46.8 Å². The Labute approximate surface area is 144 Å². The molecule has 0 heterocycles. The second-order valence-electron chi connectivity index (χ2n) is 4.73. The highest BCUT2D eigenvalue weighted by Gasteiger charge is 2.13. The summed E-state index contributed by atoms with van der Waals surface area (Å²) in [6.45, 7) is 1.33. The zero-order chi connectivity index (χ0) is 16.8. The van der Waals surface area contributed by atoms with Crippen LogP contribution < -0.4 is 10.6 Å². The maximum Gasteiger partial charge on any atom is 0.272 e. The van der Waals surface area contributed by atoms with Crippen LogP contribution >= 0.6 is 23.2 Å². The molecule has 0 aliphatic carbocycles. The minimum atomic E-state index is -0.478. The van der Waals surface area contributed by atoms with Crippen molar-refractivity contribution in [3.63, 3.8) is 0 Å². The molecule has 118 valence electrons. The summed E-state index contributed by atoms with van der Waals surface area (Å²) in [5.74, 6) is -0.821. The molecule has 0 bridgehead atoms. The van der Waals surface area contributed by atoms with E-state index in [4.69, 9.17) is 23.2 Å². The summed E-state index contributed by atoms with van der Waals surface area (Å²) >= 11 is 11.9. The lowest BCUT2D eigenvalue weighted by Crippen LogP contribution is -2.29. The first-order valence-corrected chi connectivity index (χ1v) is 7.52. The fourth-order valence-corrected chi connectivity index (χ4v) is 2.30. The normalized spacial score (nSPS) is 11.0. The van der Waals surface area contributed by atoms with E-state index in [0.717, 1.165) is 5.56 Å². The Kier molecular flexibility index (Phi) is 5.79. The fraction of sp³-hybridized carbons (Fsp3) is 0.0588. The monoisotopic (exact) mass is 348 g/mol. The Morgan fingerprint density at radius 3 is 2.35 bits per heavy atom. The van der Waals surface area contributed by atoms with Crippen molar-refractivity contribution in [2.45, 2.75) is 6.92 Å². The third-order valence-electron chi connectivity index (χ3n) is 2.85. The molecule has 0 aliphatic heterocycles. The summed E-state index contributed by atoms with van der Waals surface area (Å²) in [6.07, 6.45) is 1.58. The standard InChI is InChI=1S/C17H14Cl2N2O2/c1-11(22)20-16(9-12-5-3-2-4-6-12)17(23)21-15-8-7-13(18)10-14(15)19/h2-10H,1H3,(H,20,22)(H,21,23). The van der Waals surface area contributed by atoms with E-state index in [-0.39, 0.29) is 11.6 Å². The fourth-order valence-electron chi connectivity index (χ4n) is 1.84. The van der Waals surface area contributed by atoms with Crippen LogP contribution in [0.15, 0.2) is 54.2 Å². The molecule has 0 spiro atoms. The van der Waals surface area contributed by atoms with E-state index in [2.05, 4.69) is 10.6 Å². The molecule has 0 fully saturated rings. The van der Waals surface area contributed by atoms with Gasteiger partial charge in [-0.05, 0) is 29.8 Å². The zero-order valence-electron chi connectivity index (χ0n) is 12.3. The topological polar surface area (TPSA) is 58.2 Å². The molecule has 2 rings (SSSR count). The molecule has 0 aromatic heterocycles. The van der Waals surface area contributed by atoms with Crippen LogP contribution in [0.4, 0.5) is 5.69 Å². The van der Waals surface area contributed by atoms with Crippen molar-refractivity contribution in [1.29, 1.82) is 0 Å². The van der Waals surface area contributed by atoms with Gasteiger partial charge in [0, 0.05) is 11.9 Å². The van der Waals surface area contributed by atoms with Crippen LogP contribution in [0.5, 0.6) is 0 Å². The second-order valence-corrected chi connectivity index (χ2v) is 5.57. The van der Waals surface area contributed by atoms with Gasteiger partial charge >= 0.3 is 0 Å². The smallest absolute Gasteiger partial charge is 0.272 e. The number of hydrogen-bond acceptors (Lipinski definition) is 2. The largest absolute Gasteiger partial charge is 0.322 e. The summed E-state index contributed by atoms with van der Waals surface area (Å²) in [5, 5.41) is 5.95. The highest BCUT2D eigenvalue weighted by Crippen LogP contribution is 2.25. The Balaban J connectivity index is 2.26. The van der Waals surface area contributed by atoms with E-state index >= 15 is 0 Å². The van der Waals surface area contributed by atoms with Crippen LogP contribution in [0.25, 0.3) is 6.08 Å². The van der Waals surface area contributed by atoms with Crippen molar-refractivity contribution in [3.8, 4) is 0 Å². The summed E-state index contributed by atoms with van der Waals surface area (Å²) < 4.78 is 0. The lowest BCUT2D eigenvalue weighted by molar-refractivity contribution is -0.120. The number of hydrogen-bond donors (Lipinski definition) is 2.